The van der Waals surface area contributed by atoms with Crippen LogP contribution < -0.4 is 4.74 Å². The number of hydrogen-bond acceptors (Lipinski definition) is 6. The van der Waals surface area contributed by atoms with Crippen LogP contribution in [0.2, 0.25) is 0 Å². The van der Waals surface area contributed by atoms with Crippen LogP contribution in [0.1, 0.15) is 26.2 Å². The summed E-state index contributed by atoms with van der Waals surface area (Å²) < 4.78 is 13.5. The zero-order valence-electron chi connectivity index (χ0n) is 16.1. The van der Waals surface area contributed by atoms with Crippen LogP contribution in [0, 0.1) is 0 Å². The molecule has 0 aromatic carbocycles. The molecule has 4 aromatic rings. The van der Waals surface area contributed by atoms with E-state index in [-0.39, 0.29) is 11.9 Å². The summed E-state index contributed by atoms with van der Waals surface area (Å²) in [6, 6.07) is 7.69. The fourth-order valence-electron chi connectivity index (χ4n) is 3.96. The Morgan fingerprint density at radius 2 is 2.24 bits per heavy atom. The SMILES string of the molecule is CC(=O)N1CCC[C@H]1CCOc1ccc2ncc(-c3cc4cnccc4o3)n2n1. The molecule has 4 aromatic heterocycles. The predicted molar refractivity (Wildman–Crippen MR) is 107 cm³/mol. The molecule has 29 heavy (non-hydrogen) atoms. The van der Waals surface area contributed by atoms with E-state index in [4.69, 9.17) is 9.15 Å². The van der Waals surface area contributed by atoms with Gasteiger partial charge in [0.25, 0.3) is 0 Å². The Balaban J connectivity index is 1.35. The third-order valence-corrected chi connectivity index (χ3v) is 5.39. The molecule has 0 N–H and O–H groups in total. The van der Waals surface area contributed by atoms with Crippen molar-refractivity contribution in [1.29, 1.82) is 0 Å². The lowest BCUT2D eigenvalue weighted by molar-refractivity contribution is -0.129. The van der Waals surface area contributed by atoms with Crippen molar-refractivity contribution in [3.8, 4) is 17.3 Å². The summed E-state index contributed by atoms with van der Waals surface area (Å²) in [6.07, 6.45) is 8.09. The molecule has 1 fully saturated rings. The number of ether oxygens (including phenoxy) is 1. The van der Waals surface area contributed by atoms with E-state index in [1.807, 2.05) is 29.2 Å². The number of fused-ring (bicyclic) bond motifs is 2. The summed E-state index contributed by atoms with van der Waals surface area (Å²) in [5.74, 6) is 1.33. The number of aromatic nitrogens is 4. The highest BCUT2D eigenvalue weighted by atomic mass is 16.5. The second-order valence-electron chi connectivity index (χ2n) is 7.25. The number of rotatable bonds is 5. The lowest BCUT2D eigenvalue weighted by atomic mass is 10.1. The van der Waals surface area contributed by atoms with Gasteiger partial charge in [-0.05, 0) is 31.0 Å². The van der Waals surface area contributed by atoms with E-state index in [0.29, 0.717) is 23.9 Å². The number of hydrogen-bond donors (Lipinski definition) is 0. The molecule has 1 aliphatic heterocycles. The van der Waals surface area contributed by atoms with Gasteiger partial charge in [-0.1, -0.05) is 0 Å². The number of likely N-dealkylation sites (tertiary alicyclic amines) is 1. The number of carbonyl (C=O) groups excluding carboxylic acids is 1. The molecule has 1 saturated heterocycles. The van der Waals surface area contributed by atoms with Crippen LogP contribution in [0.15, 0.2) is 47.3 Å². The van der Waals surface area contributed by atoms with E-state index in [1.54, 1.807) is 30.0 Å². The molecule has 0 saturated carbocycles. The number of nitrogens with zero attached hydrogens (tertiary/aromatic N) is 5. The van der Waals surface area contributed by atoms with Gasteiger partial charge in [0.15, 0.2) is 11.4 Å². The third kappa shape index (κ3) is 3.30. The molecule has 0 spiro atoms. The molecule has 0 bridgehead atoms. The van der Waals surface area contributed by atoms with E-state index in [0.717, 1.165) is 42.5 Å². The predicted octanol–water partition coefficient (Wildman–Crippen LogP) is 3.32. The normalized spacial score (nSPS) is 16.7. The number of furan rings is 1. The summed E-state index contributed by atoms with van der Waals surface area (Å²) in [7, 11) is 0. The average molecular weight is 391 g/mol. The molecule has 0 unspecified atom stereocenters. The minimum absolute atomic E-state index is 0.135. The van der Waals surface area contributed by atoms with Crippen molar-refractivity contribution >= 4 is 22.5 Å². The van der Waals surface area contributed by atoms with Crippen LogP contribution in [0.5, 0.6) is 5.88 Å². The lowest BCUT2D eigenvalue weighted by Crippen LogP contribution is -2.34. The molecule has 0 radical (unpaired) electrons. The summed E-state index contributed by atoms with van der Waals surface area (Å²) in [5, 5.41) is 5.50. The highest BCUT2D eigenvalue weighted by Gasteiger charge is 2.26. The van der Waals surface area contributed by atoms with Gasteiger partial charge in [-0.25, -0.2) is 9.50 Å². The molecule has 8 heteroatoms. The Morgan fingerprint density at radius 3 is 3.10 bits per heavy atom. The molecule has 148 valence electrons. The van der Waals surface area contributed by atoms with Crippen LogP contribution in [0.3, 0.4) is 0 Å². The molecule has 5 heterocycles. The van der Waals surface area contributed by atoms with Gasteiger partial charge >= 0.3 is 0 Å². The molecule has 1 amide bonds. The van der Waals surface area contributed by atoms with Crippen molar-refractivity contribution in [3.05, 3.63) is 42.9 Å². The maximum Gasteiger partial charge on any atom is 0.231 e. The van der Waals surface area contributed by atoms with Gasteiger partial charge in [0, 0.05) is 49.8 Å². The van der Waals surface area contributed by atoms with Crippen molar-refractivity contribution in [1.82, 2.24) is 24.5 Å². The van der Waals surface area contributed by atoms with Gasteiger partial charge in [-0.3, -0.25) is 9.78 Å². The number of amides is 1. The maximum atomic E-state index is 11.7. The first-order chi connectivity index (χ1) is 14.2. The summed E-state index contributed by atoms with van der Waals surface area (Å²) >= 11 is 0. The number of pyridine rings is 1. The Morgan fingerprint density at radius 1 is 1.31 bits per heavy atom. The Labute approximate surface area is 167 Å². The van der Waals surface area contributed by atoms with Gasteiger partial charge < -0.3 is 14.1 Å². The van der Waals surface area contributed by atoms with Crippen molar-refractivity contribution in [2.24, 2.45) is 0 Å². The van der Waals surface area contributed by atoms with E-state index >= 15 is 0 Å². The standard InChI is InChI=1S/C21H21N5O3/c1-14(27)25-9-2-3-16(25)7-10-28-21-5-4-20-23-13-17(26(20)24-21)19-11-15-12-22-8-6-18(15)29-19/h4-6,8,11-13,16H,2-3,7,9-10H2,1H3/t16-/m0/s1. The monoisotopic (exact) mass is 391 g/mol. The molecule has 1 atom stereocenters. The van der Waals surface area contributed by atoms with Crippen LogP contribution >= 0.6 is 0 Å². The van der Waals surface area contributed by atoms with Crippen LogP contribution in [0.25, 0.3) is 28.1 Å². The van der Waals surface area contributed by atoms with Crippen LogP contribution in [-0.2, 0) is 4.79 Å². The number of imidazole rings is 1. The first-order valence-electron chi connectivity index (χ1n) is 9.78. The minimum atomic E-state index is 0.135. The van der Waals surface area contributed by atoms with Gasteiger partial charge in [0.1, 0.15) is 11.3 Å². The second-order valence-corrected chi connectivity index (χ2v) is 7.25. The Hall–Kier alpha value is -3.42. The van der Waals surface area contributed by atoms with Gasteiger partial charge in [0.2, 0.25) is 11.8 Å². The fraction of sp³-hybridized carbons (Fsp3) is 0.333. The Kier molecular flexibility index (Phi) is 4.38. The van der Waals surface area contributed by atoms with Gasteiger partial charge in [0.05, 0.1) is 12.8 Å². The van der Waals surface area contributed by atoms with Crippen molar-refractivity contribution in [2.75, 3.05) is 13.2 Å². The molecular formula is C21H21N5O3. The average Bonchev–Trinajstić information content (AvgIpc) is 3.45. The van der Waals surface area contributed by atoms with E-state index in [2.05, 4.69) is 15.1 Å². The first-order valence-corrected chi connectivity index (χ1v) is 9.78. The minimum Gasteiger partial charge on any atom is -0.477 e. The fourth-order valence-corrected chi connectivity index (χ4v) is 3.96. The smallest absolute Gasteiger partial charge is 0.231 e. The summed E-state index contributed by atoms with van der Waals surface area (Å²) in [5.41, 5.74) is 2.23. The lowest BCUT2D eigenvalue weighted by Gasteiger charge is -2.23. The molecule has 0 aliphatic carbocycles. The molecule has 1 aliphatic rings. The number of carbonyl (C=O) groups is 1. The second kappa shape index (κ2) is 7.20. The van der Waals surface area contributed by atoms with E-state index < -0.39 is 0 Å². The zero-order chi connectivity index (χ0) is 19.8. The quantitative estimate of drug-likeness (QED) is 0.519. The summed E-state index contributed by atoms with van der Waals surface area (Å²) in [6.45, 7) is 2.98. The van der Waals surface area contributed by atoms with Crippen LogP contribution in [0.4, 0.5) is 0 Å². The topological polar surface area (TPSA) is 85.8 Å². The zero-order valence-corrected chi connectivity index (χ0v) is 16.1. The van der Waals surface area contributed by atoms with Crippen molar-refractivity contribution in [2.45, 2.75) is 32.2 Å². The summed E-state index contributed by atoms with van der Waals surface area (Å²) in [4.78, 5) is 22.2. The molecule has 5 rings (SSSR count). The van der Waals surface area contributed by atoms with E-state index in [1.165, 1.54) is 0 Å². The first kappa shape index (κ1) is 17.7. The molecular weight excluding hydrogens is 370 g/mol. The van der Waals surface area contributed by atoms with Crippen molar-refractivity contribution < 1.29 is 13.9 Å². The largest absolute Gasteiger partial charge is 0.477 e. The van der Waals surface area contributed by atoms with Crippen molar-refractivity contribution in [3.63, 3.8) is 0 Å². The van der Waals surface area contributed by atoms with E-state index in [9.17, 15) is 4.79 Å². The third-order valence-electron chi connectivity index (χ3n) is 5.39. The highest BCUT2D eigenvalue weighted by Crippen LogP contribution is 2.28. The van der Waals surface area contributed by atoms with Gasteiger partial charge in [-0.2, -0.15) is 0 Å². The molecule has 8 nitrogen and oxygen atoms in total. The Bertz CT molecular complexity index is 1150. The van der Waals surface area contributed by atoms with Gasteiger partial charge in [-0.15, -0.1) is 5.10 Å². The highest BCUT2D eigenvalue weighted by molar-refractivity contribution is 5.81. The maximum absolute atomic E-state index is 11.7. The van der Waals surface area contributed by atoms with Crippen LogP contribution in [-0.4, -0.2) is 49.6 Å².